The van der Waals surface area contributed by atoms with Crippen LogP contribution >= 0.6 is 0 Å². The molecule has 0 aliphatic heterocycles. The van der Waals surface area contributed by atoms with Crippen LogP contribution < -0.4 is 0 Å². The highest BCUT2D eigenvalue weighted by Crippen LogP contribution is 2.22. The van der Waals surface area contributed by atoms with Crippen LogP contribution in [0.4, 0.5) is 0 Å². The van der Waals surface area contributed by atoms with Gasteiger partial charge in [-0.25, -0.2) is 0 Å². The summed E-state index contributed by atoms with van der Waals surface area (Å²) in [6.07, 6.45) is 17.2. The molecule has 0 spiro atoms. The largest absolute Gasteiger partial charge is 0.463 e. The number of esters is 1. The second-order valence-electron chi connectivity index (χ2n) is 6.69. The van der Waals surface area contributed by atoms with E-state index in [1.54, 1.807) is 6.92 Å². The lowest BCUT2D eigenvalue weighted by Gasteiger charge is -2.21. The molecule has 0 saturated heterocycles. The van der Waals surface area contributed by atoms with Gasteiger partial charge in [-0.3, -0.25) is 4.79 Å². The summed E-state index contributed by atoms with van der Waals surface area (Å²) in [5.74, 6) is 0.574. The molecule has 2 atom stereocenters. The van der Waals surface area contributed by atoms with Crippen molar-refractivity contribution in [2.24, 2.45) is 5.92 Å². The molecule has 1 rings (SSSR count). The van der Waals surface area contributed by atoms with E-state index in [-0.39, 0.29) is 12.1 Å². The van der Waals surface area contributed by atoms with Crippen LogP contribution in [0.3, 0.4) is 0 Å². The molecule has 0 bridgehead atoms. The van der Waals surface area contributed by atoms with Crippen molar-refractivity contribution in [2.45, 2.75) is 103 Å². The maximum absolute atomic E-state index is 11.2. The van der Waals surface area contributed by atoms with Crippen molar-refractivity contribution in [2.75, 3.05) is 0 Å². The van der Waals surface area contributed by atoms with Crippen LogP contribution in [-0.2, 0) is 9.53 Å². The number of ether oxygens (including phenoxy) is 1. The molecule has 0 aromatic rings. The first-order valence-electron chi connectivity index (χ1n) is 8.85. The Morgan fingerprint density at radius 2 is 1.25 bits per heavy atom. The van der Waals surface area contributed by atoms with Gasteiger partial charge in [0.2, 0.25) is 0 Å². The first-order chi connectivity index (χ1) is 9.68. The molecule has 0 aromatic carbocycles. The molecule has 0 amide bonds. The number of rotatable bonds is 1. The topological polar surface area (TPSA) is 26.3 Å². The van der Waals surface area contributed by atoms with Gasteiger partial charge in [-0.1, -0.05) is 71.1 Å². The Labute approximate surface area is 125 Å². The zero-order valence-corrected chi connectivity index (χ0v) is 13.7. The normalized spacial score (nSPS) is 28.1. The average Bonchev–Trinajstić information content (AvgIpc) is 2.39. The second-order valence-corrected chi connectivity index (χ2v) is 6.69. The predicted octanol–water partition coefficient (Wildman–Crippen LogP) is 5.64. The van der Waals surface area contributed by atoms with Crippen LogP contribution in [0.1, 0.15) is 97.3 Å². The quantitative estimate of drug-likeness (QED) is 0.582. The van der Waals surface area contributed by atoms with E-state index in [9.17, 15) is 4.79 Å². The van der Waals surface area contributed by atoms with Gasteiger partial charge >= 0.3 is 5.97 Å². The summed E-state index contributed by atoms with van der Waals surface area (Å²) in [5.41, 5.74) is 0. The van der Waals surface area contributed by atoms with Gasteiger partial charge in [-0.2, -0.15) is 0 Å². The fourth-order valence-electron chi connectivity index (χ4n) is 3.31. The van der Waals surface area contributed by atoms with Crippen molar-refractivity contribution in [1.29, 1.82) is 0 Å². The molecule has 2 nitrogen and oxygen atoms in total. The third-order valence-electron chi connectivity index (χ3n) is 4.47. The van der Waals surface area contributed by atoms with Crippen molar-refractivity contribution >= 4 is 5.97 Å². The molecule has 0 aromatic heterocycles. The summed E-state index contributed by atoms with van der Waals surface area (Å²) in [6.45, 7) is 3.86. The molecular weight excluding hydrogens is 248 g/mol. The first kappa shape index (κ1) is 17.5. The van der Waals surface area contributed by atoms with Crippen molar-refractivity contribution < 1.29 is 9.53 Å². The molecule has 0 heterocycles. The van der Waals surface area contributed by atoms with E-state index in [1.165, 1.54) is 70.6 Å². The van der Waals surface area contributed by atoms with Crippen LogP contribution in [0, 0.1) is 5.92 Å². The summed E-state index contributed by atoms with van der Waals surface area (Å²) in [6, 6.07) is 0. The highest BCUT2D eigenvalue weighted by molar-refractivity contribution is 5.66. The lowest BCUT2D eigenvalue weighted by atomic mass is 9.94. The van der Waals surface area contributed by atoms with Crippen molar-refractivity contribution in [3.05, 3.63) is 0 Å². The minimum Gasteiger partial charge on any atom is -0.463 e. The Balaban J connectivity index is 2.38. The van der Waals surface area contributed by atoms with Crippen molar-refractivity contribution in [1.82, 2.24) is 0 Å². The maximum atomic E-state index is 11.2. The molecular formula is C18H34O2. The van der Waals surface area contributed by atoms with Gasteiger partial charge in [0.05, 0.1) is 0 Å². The summed E-state index contributed by atoms with van der Waals surface area (Å²) in [5, 5.41) is 0. The molecule has 118 valence electrons. The second kappa shape index (κ2) is 11.2. The van der Waals surface area contributed by atoms with Crippen LogP contribution in [0.25, 0.3) is 0 Å². The van der Waals surface area contributed by atoms with E-state index < -0.39 is 0 Å². The van der Waals surface area contributed by atoms with Crippen LogP contribution in [0.5, 0.6) is 0 Å². The predicted molar refractivity (Wildman–Crippen MR) is 84.7 cm³/mol. The molecule has 1 aliphatic rings. The van der Waals surface area contributed by atoms with Crippen LogP contribution in [-0.4, -0.2) is 12.1 Å². The van der Waals surface area contributed by atoms with E-state index in [0.717, 1.165) is 12.8 Å². The van der Waals surface area contributed by atoms with Gasteiger partial charge in [0, 0.05) is 6.92 Å². The molecule has 1 aliphatic carbocycles. The summed E-state index contributed by atoms with van der Waals surface area (Å²) in [4.78, 5) is 11.2. The first-order valence-corrected chi connectivity index (χ1v) is 8.85. The lowest BCUT2D eigenvalue weighted by molar-refractivity contribution is -0.147. The smallest absolute Gasteiger partial charge is 0.302 e. The third kappa shape index (κ3) is 9.39. The molecule has 2 heteroatoms. The Kier molecular flexibility index (Phi) is 9.78. The molecule has 20 heavy (non-hydrogen) atoms. The maximum Gasteiger partial charge on any atom is 0.302 e. The minimum absolute atomic E-state index is 0.111. The van der Waals surface area contributed by atoms with E-state index in [2.05, 4.69) is 6.92 Å². The highest BCUT2D eigenvalue weighted by Gasteiger charge is 2.16. The van der Waals surface area contributed by atoms with Gasteiger partial charge in [0.1, 0.15) is 6.10 Å². The average molecular weight is 282 g/mol. The van der Waals surface area contributed by atoms with Gasteiger partial charge < -0.3 is 4.74 Å². The van der Waals surface area contributed by atoms with Crippen LogP contribution in [0.2, 0.25) is 0 Å². The highest BCUT2D eigenvalue weighted by atomic mass is 16.5. The summed E-state index contributed by atoms with van der Waals surface area (Å²) < 4.78 is 5.51. The fraction of sp³-hybridized carbons (Fsp3) is 0.944. The molecule has 2 unspecified atom stereocenters. The SMILES string of the molecule is CC(=O)OC1CCCCCCCCCCCCC(C)C1. The van der Waals surface area contributed by atoms with Gasteiger partial charge in [-0.05, 0) is 25.2 Å². The van der Waals surface area contributed by atoms with Gasteiger partial charge in [-0.15, -0.1) is 0 Å². The summed E-state index contributed by atoms with van der Waals surface area (Å²) >= 11 is 0. The number of hydrogen-bond donors (Lipinski definition) is 0. The Morgan fingerprint density at radius 1 is 0.800 bits per heavy atom. The zero-order chi connectivity index (χ0) is 14.6. The van der Waals surface area contributed by atoms with E-state index in [4.69, 9.17) is 4.74 Å². The van der Waals surface area contributed by atoms with E-state index >= 15 is 0 Å². The molecule has 1 fully saturated rings. The number of carbonyl (C=O) groups is 1. The lowest BCUT2D eigenvalue weighted by Crippen LogP contribution is -2.19. The number of carbonyl (C=O) groups excluding carboxylic acids is 1. The Hall–Kier alpha value is -0.530. The van der Waals surface area contributed by atoms with Gasteiger partial charge in [0.25, 0.3) is 0 Å². The van der Waals surface area contributed by atoms with Gasteiger partial charge in [0.15, 0.2) is 0 Å². The fourth-order valence-corrected chi connectivity index (χ4v) is 3.31. The zero-order valence-electron chi connectivity index (χ0n) is 13.7. The van der Waals surface area contributed by atoms with Crippen molar-refractivity contribution in [3.8, 4) is 0 Å². The van der Waals surface area contributed by atoms with E-state index in [1.807, 2.05) is 0 Å². The van der Waals surface area contributed by atoms with Crippen LogP contribution in [0.15, 0.2) is 0 Å². The molecule has 0 radical (unpaired) electrons. The number of hydrogen-bond acceptors (Lipinski definition) is 2. The summed E-state index contributed by atoms with van der Waals surface area (Å²) in [7, 11) is 0. The van der Waals surface area contributed by atoms with Crippen molar-refractivity contribution in [3.63, 3.8) is 0 Å². The van der Waals surface area contributed by atoms with E-state index in [0.29, 0.717) is 5.92 Å². The standard InChI is InChI=1S/C18H34O2/c1-16-13-11-9-7-5-3-4-6-8-10-12-14-18(15-16)20-17(2)19/h16,18H,3-15H2,1-2H3. The molecule has 1 saturated carbocycles. The third-order valence-corrected chi connectivity index (χ3v) is 4.47. The monoisotopic (exact) mass is 282 g/mol. The Bertz CT molecular complexity index is 250. The molecule has 0 N–H and O–H groups in total. The Morgan fingerprint density at radius 3 is 1.75 bits per heavy atom. The minimum atomic E-state index is -0.111.